The van der Waals surface area contributed by atoms with Crippen LogP contribution >= 0.6 is 0 Å². The molecular formula is C19H34N6O7. The van der Waals surface area contributed by atoms with Crippen molar-refractivity contribution in [1.82, 2.24) is 16.0 Å². The van der Waals surface area contributed by atoms with E-state index in [1.807, 2.05) is 0 Å². The molecule has 0 spiro atoms. The standard InChI is InChI=1S/C19H34N6O7/c1-8(2)14(24-16(28)10(20)5-6-12(21)26)18(30)23-11(7-13(22)27)17(29)25-15(9(3)4)19(31)32/h8-11,14-15H,5-7,20H2,1-4H3,(H2,21,26)(H2,22,27)(H,23,30)(H,24,28)(H,25,29)(H,31,32). The Morgan fingerprint density at radius 1 is 0.750 bits per heavy atom. The summed E-state index contributed by atoms with van der Waals surface area (Å²) in [4.78, 5) is 71.2. The van der Waals surface area contributed by atoms with Crippen LogP contribution in [0.5, 0.6) is 0 Å². The van der Waals surface area contributed by atoms with Crippen molar-refractivity contribution in [3.05, 3.63) is 0 Å². The van der Waals surface area contributed by atoms with Crippen LogP contribution in [0.15, 0.2) is 0 Å². The van der Waals surface area contributed by atoms with Gasteiger partial charge < -0.3 is 38.3 Å². The number of aliphatic carboxylic acids is 1. The van der Waals surface area contributed by atoms with Gasteiger partial charge in [-0.1, -0.05) is 27.7 Å². The number of hydrogen-bond acceptors (Lipinski definition) is 7. The molecule has 13 nitrogen and oxygen atoms in total. The highest BCUT2D eigenvalue weighted by atomic mass is 16.4. The number of carbonyl (C=O) groups excluding carboxylic acids is 5. The molecule has 182 valence electrons. The molecule has 0 fully saturated rings. The molecular weight excluding hydrogens is 424 g/mol. The van der Waals surface area contributed by atoms with Crippen molar-refractivity contribution in [3.63, 3.8) is 0 Å². The minimum Gasteiger partial charge on any atom is -0.480 e. The third-order valence-electron chi connectivity index (χ3n) is 4.55. The smallest absolute Gasteiger partial charge is 0.326 e. The SMILES string of the molecule is CC(C)C(NC(=O)C(CC(N)=O)NC(=O)C(NC(=O)C(N)CCC(N)=O)C(C)C)C(=O)O. The Kier molecular flexibility index (Phi) is 11.9. The van der Waals surface area contributed by atoms with E-state index in [-0.39, 0.29) is 12.8 Å². The summed E-state index contributed by atoms with van der Waals surface area (Å²) >= 11 is 0. The molecule has 4 unspecified atom stereocenters. The van der Waals surface area contributed by atoms with Gasteiger partial charge in [0, 0.05) is 6.42 Å². The highest BCUT2D eigenvalue weighted by Crippen LogP contribution is 2.07. The molecule has 0 aliphatic heterocycles. The van der Waals surface area contributed by atoms with Crippen LogP contribution in [0.25, 0.3) is 0 Å². The van der Waals surface area contributed by atoms with Gasteiger partial charge in [0.2, 0.25) is 29.5 Å². The van der Waals surface area contributed by atoms with Crippen molar-refractivity contribution >= 4 is 35.5 Å². The van der Waals surface area contributed by atoms with Crippen LogP contribution < -0.4 is 33.2 Å². The zero-order valence-electron chi connectivity index (χ0n) is 18.7. The Labute approximate surface area is 186 Å². The number of primary amides is 2. The lowest BCUT2D eigenvalue weighted by Crippen LogP contribution is -2.59. The Morgan fingerprint density at radius 2 is 1.25 bits per heavy atom. The van der Waals surface area contributed by atoms with Gasteiger partial charge in [0.25, 0.3) is 0 Å². The van der Waals surface area contributed by atoms with Gasteiger partial charge in [0.05, 0.1) is 12.5 Å². The molecule has 0 aliphatic carbocycles. The first-order valence-corrected chi connectivity index (χ1v) is 10.1. The molecule has 10 N–H and O–H groups in total. The largest absolute Gasteiger partial charge is 0.480 e. The monoisotopic (exact) mass is 458 g/mol. The normalized spacial score (nSPS) is 14.7. The molecule has 0 aromatic heterocycles. The summed E-state index contributed by atoms with van der Waals surface area (Å²) in [5.74, 6) is -6.14. The summed E-state index contributed by atoms with van der Waals surface area (Å²) in [6, 6.07) is -4.93. The maximum absolute atomic E-state index is 12.8. The second-order valence-corrected chi connectivity index (χ2v) is 8.14. The molecule has 0 aromatic rings. The molecule has 0 saturated heterocycles. The van der Waals surface area contributed by atoms with Crippen molar-refractivity contribution in [1.29, 1.82) is 0 Å². The van der Waals surface area contributed by atoms with Crippen molar-refractivity contribution in [2.75, 3.05) is 0 Å². The zero-order valence-corrected chi connectivity index (χ0v) is 18.7. The number of hydrogen-bond donors (Lipinski definition) is 7. The van der Waals surface area contributed by atoms with Crippen molar-refractivity contribution in [3.8, 4) is 0 Å². The third kappa shape index (κ3) is 10.2. The average molecular weight is 459 g/mol. The van der Waals surface area contributed by atoms with E-state index < -0.39 is 77.9 Å². The lowest BCUT2D eigenvalue weighted by molar-refractivity contribution is -0.143. The molecule has 32 heavy (non-hydrogen) atoms. The van der Waals surface area contributed by atoms with Gasteiger partial charge in [0.15, 0.2) is 0 Å². The van der Waals surface area contributed by atoms with E-state index in [1.165, 1.54) is 0 Å². The molecule has 0 aliphatic rings. The van der Waals surface area contributed by atoms with Crippen molar-refractivity contribution < 1.29 is 33.9 Å². The number of carboxylic acids is 1. The number of carboxylic acid groups (broad SMARTS) is 1. The highest BCUT2D eigenvalue weighted by Gasteiger charge is 2.33. The van der Waals surface area contributed by atoms with Crippen LogP contribution in [0.2, 0.25) is 0 Å². The fourth-order valence-electron chi connectivity index (χ4n) is 2.66. The van der Waals surface area contributed by atoms with Gasteiger partial charge in [0.1, 0.15) is 18.1 Å². The number of nitrogens with one attached hydrogen (secondary N) is 3. The van der Waals surface area contributed by atoms with Crippen molar-refractivity contribution in [2.24, 2.45) is 29.0 Å². The number of rotatable bonds is 14. The van der Waals surface area contributed by atoms with Gasteiger partial charge >= 0.3 is 5.97 Å². The third-order valence-corrected chi connectivity index (χ3v) is 4.55. The van der Waals surface area contributed by atoms with Gasteiger partial charge in [-0.25, -0.2) is 4.79 Å². The van der Waals surface area contributed by atoms with Crippen LogP contribution in [0.3, 0.4) is 0 Å². The fraction of sp³-hybridized carbons (Fsp3) is 0.684. The Hall–Kier alpha value is -3.22. The van der Waals surface area contributed by atoms with E-state index >= 15 is 0 Å². The Bertz CT molecular complexity index is 725. The number of nitrogens with two attached hydrogens (primary N) is 3. The molecule has 0 aromatic carbocycles. The maximum atomic E-state index is 12.8. The van der Waals surface area contributed by atoms with Gasteiger partial charge in [-0.3, -0.25) is 24.0 Å². The first-order chi connectivity index (χ1) is 14.7. The van der Waals surface area contributed by atoms with E-state index in [2.05, 4.69) is 16.0 Å². The fourth-order valence-corrected chi connectivity index (χ4v) is 2.66. The zero-order chi connectivity index (χ0) is 25.2. The summed E-state index contributed by atoms with van der Waals surface area (Å²) in [7, 11) is 0. The predicted molar refractivity (Wildman–Crippen MR) is 113 cm³/mol. The summed E-state index contributed by atoms with van der Waals surface area (Å²) in [5, 5.41) is 16.3. The van der Waals surface area contributed by atoms with Crippen LogP contribution in [0.1, 0.15) is 47.0 Å². The van der Waals surface area contributed by atoms with Crippen LogP contribution in [-0.2, 0) is 28.8 Å². The number of carbonyl (C=O) groups is 6. The molecule has 0 rings (SSSR count). The van der Waals surface area contributed by atoms with Gasteiger partial charge in [-0.05, 0) is 18.3 Å². The predicted octanol–water partition coefficient (Wildman–Crippen LogP) is -2.69. The maximum Gasteiger partial charge on any atom is 0.326 e. The van der Waals surface area contributed by atoms with E-state index in [4.69, 9.17) is 17.2 Å². The number of amides is 5. The molecule has 5 amide bonds. The van der Waals surface area contributed by atoms with Gasteiger partial charge in [-0.2, -0.15) is 0 Å². The Balaban J connectivity index is 5.41. The lowest BCUT2D eigenvalue weighted by atomic mass is 10.0. The highest BCUT2D eigenvalue weighted by molar-refractivity contribution is 5.96. The molecule has 13 heteroatoms. The first kappa shape index (κ1) is 28.8. The summed E-state index contributed by atoms with van der Waals surface area (Å²) in [6.45, 7) is 6.41. The van der Waals surface area contributed by atoms with Crippen LogP contribution in [0, 0.1) is 11.8 Å². The first-order valence-electron chi connectivity index (χ1n) is 10.1. The average Bonchev–Trinajstić information content (AvgIpc) is 2.65. The lowest BCUT2D eigenvalue weighted by Gasteiger charge is -2.27. The minimum absolute atomic E-state index is 0.0217. The second-order valence-electron chi connectivity index (χ2n) is 8.14. The Morgan fingerprint density at radius 3 is 1.66 bits per heavy atom. The quantitative estimate of drug-likeness (QED) is 0.144. The molecule has 0 bridgehead atoms. The minimum atomic E-state index is -1.46. The summed E-state index contributed by atoms with van der Waals surface area (Å²) in [5.41, 5.74) is 15.9. The van der Waals surface area contributed by atoms with Gasteiger partial charge in [-0.15, -0.1) is 0 Å². The van der Waals surface area contributed by atoms with Crippen LogP contribution in [0.4, 0.5) is 0 Å². The van der Waals surface area contributed by atoms with E-state index in [1.54, 1.807) is 27.7 Å². The van der Waals surface area contributed by atoms with Crippen LogP contribution in [-0.4, -0.2) is 64.8 Å². The second kappa shape index (κ2) is 13.2. The summed E-state index contributed by atoms with van der Waals surface area (Å²) < 4.78 is 0. The molecule has 0 radical (unpaired) electrons. The topological polar surface area (TPSA) is 237 Å². The summed E-state index contributed by atoms with van der Waals surface area (Å²) in [6.07, 6.45) is -0.723. The molecule has 0 heterocycles. The van der Waals surface area contributed by atoms with E-state index in [0.717, 1.165) is 0 Å². The van der Waals surface area contributed by atoms with Crippen molar-refractivity contribution in [2.45, 2.75) is 71.1 Å². The molecule has 0 saturated carbocycles. The molecule has 4 atom stereocenters. The van der Waals surface area contributed by atoms with E-state index in [0.29, 0.717) is 0 Å². The van der Waals surface area contributed by atoms with E-state index in [9.17, 15) is 33.9 Å².